The van der Waals surface area contributed by atoms with E-state index in [4.69, 9.17) is 19.1 Å². The number of ether oxygens (including phenoxy) is 2. The van der Waals surface area contributed by atoms with Crippen molar-refractivity contribution in [3.63, 3.8) is 0 Å². The van der Waals surface area contributed by atoms with Crippen molar-refractivity contribution in [3.8, 4) is 0 Å². The lowest BCUT2D eigenvalue weighted by atomic mass is 10.1. The fourth-order valence-electron chi connectivity index (χ4n) is 5.94. The van der Waals surface area contributed by atoms with Gasteiger partial charge >= 0.3 is 19.8 Å². The first-order chi connectivity index (χ1) is 27.7. The summed E-state index contributed by atoms with van der Waals surface area (Å²) < 4.78 is 32.7. The molecular weight excluding hydrogens is 743 g/mol. The molecule has 0 spiro atoms. The fraction of sp³-hybridized carbons (Fsp3) is 0.783. The van der Waals surface area contributed by atoms with Crippen LogP contribution in [-0.2, 0) is 32.7 Å². The summed E-state index contributed by atoms with van der Waals surface area (Å²) in [5.41, 5.74) is 0. The Balaban J connectivity index is 4.31. The van der Waals surface area contributed by atoms with Crippen LogP contribution in [0.4, 0.5) is 0 Å². The van der Waals surface area contributed by atoms with Gasteiger partial charge in [0.25, 0.3) is 0 Å². The lowest BCUT2D eigenvalue weighted by Crippen LogP contribution is -2.29. The molecule has 3 atom stereocenters. The van der Waals surface area contributed by atoms with Crippen LogP contribution in [0.2, 0.25) is 0 Å². The summed E-state index contributed by atoms with van der Waals surface area (Å²) in [6.07, 6.45) is 45.1. The van der Waals surface area contributed by atoms with Crippen LogP contribution in [0, 0.1) is 0 Å². The number of carbonyl (C=O) groups is 2. The van der Waals surface area contributed by atoms with Crippen molar-refractivity contribution >= 4 is 19.8 Å². The number of allylic oxidation sites excluding steroid dienone is 8. The summed E-state index contributed by atoms with van der Waals surface area (Å²) in [6, 6.07) is 0. The number of unbranched alkanes of at least 4 members (excludes halogenated alkanes) is 20. The number of hydrogen-bond donors (Lipinski definition) is 3. The van der Waals surface area contributed by atoms with E-state index in [1.807, 2.05) is 0 Å². The number of aliphatic hydroxyl groups is 2. The van der Waals surface area contributed by atoms with Gasteiger partial charge in [0.05, 0.1) is 19.8 Å². The number of aliphatic hydroxyl groups excluding tert-OH is 2. The maximum absolute atomic E-state index is 12.6. The molecular formula is C46H83O10P. The zero-order valence-electron chi connectivity index (χ0n) is 36.0. The molecule has 0 aliphatic heterocycles. The first-order valence-corrected chi connectivity index (χ1v) is 24.1. The largest absolute Gasteiger partial charge is 0.472 e. The van der Waals surface area contributed by atoms with E-state index in [0.29, 0.717) is 12.8 Å². The molecule has 0 radical (unpaired) electrons. The molecule has 0 rings (SSSR count). The van der Waals surface area contributed by atoms with Crippen LogP contribution in [0.15, 0.2) is 48.6 Å². The van der Waals surface area contributed by atoms with E-state index in [1.165, 1.54) is 103 Å². The number of hydrogen-bond acceptors (Lipinski definition) is 9. The lowest BCUT2D eigenvalue weighted by molar-refractivity contribution is -0.161. The molecule has 10 nitrogen and oxygen atoms in total. The molecule has 3 N–H and O–H groups in total. The second kappa shape index (κ2) is 42.1. The summed E-state index contributed by atoms with van der Waals surface area (Å²) in [4.78, 5) is 35.0. The van der Waals surface area contributed by atoms with Crippen LogP contribution in [-0.4, -0.2) is 65.7 Å². The Morgan fingerprint density at radius 3 is 1.46 bits per heavy atom. The molecule has 0 aliphatic carbocycles. The van der Waals surface area contributed by atoms with Crippen LogP contribution in [0.1, 0.15) is 194 Å². The van der Waals surface area contributed by atoms with E-state index in [0.717, 1.165) is 51.4 Å². The van der Waals surface area contributed by atoms with Crippen LogP contribution >= 0.6 is 7.82 Å². The standard InChI is InChI=1S/C46H83O10P/c1-3-5-7-9-11-13-15-17-19-20-21-22-24-25-27-29-31-33-35-37-45(49)53-41-44(42-55-57(51,52)54-40-43(48)39-47)56-46(50)38-36-34-32-30-28-26-23-18-16-14-12-10-8-6-4-2/h12,14,17-19,23,28,30,43-44,47-48H,3-11,13,15-16,20-22,24-27,29,31-42H2,1-2H3,(H,51,52)/b14-12+,19-17+,23-18+,30-28+/t43-,44+/m0/s1. The van der Waals surface area contributed by atoms with Gasteiger partial charge in [-0.05, 0) is 77.0 Å². The molecule has 0 aromatic carbocycles. The minimum absolute atomic E-state index is 0.134. The Labute approximate surface area is 347 Å². The van der Waals surface area contributed by atoms with E-state index in [9.17, 15) is 24.2 Å². The monoisotopic (exact) mass is 827 g/mol. The second-order valence-electron chi connectivity index (χ2n) is 15.1. The van der Waals surface area contributed by atoms with Gasteiger partial charge in [-0.25, -0.2) is 4.57 Å². The summed E-state index contributed by atoms with van der Waals surface area (Å²) in [6.45, 7) is 2.31. The Hall–Kier alpha value is -2.07. The number of carbonyl (C=O) groups excluding carboxylic acids is 2. The summed E-state index contributed by atoms with van der Waals surface area (Å²) in [5.74, 6) is -0.971. The van der Waals surface area contributed by atoms with Crippen LogP contribution in [0.25, 0.3) is 0 Å². The van der Waals surface area contributed by atoms with Gasteiger partial charge in [-0.3, -0.25) is 18.6 Å². The summed E-state index contributed by atoms with van der Waals surface area (Å²) in [5, 5.41) is 18.3. The van der Waals surface area contributed by atoms with Gasteiger partial charge in [0.1, 0.15) is 12.7 Å². The topological polar surface area (TPSA) is 149 Å². The van der Waals surface area contributed by atoms with Gasteiger partial charge in [0.2, 0.25) is 0 Å². The van der Waals surface area contributed by atoms with Crippen molar-refractivity contribution in [1.82, 2.24) is 0 Å². The molecule has 0 saturated carbocycles. The molecule has 0 aliphatic rings. The third-order valence-electron chi connectivity index (χ3n) is 9.46. The molecule has 1 unspecified atom stereocenters. The molecule has 0 aromatic heterocycles. The third kappa shape index (κ3) is 41.9. The molecule has 332 valence electrons. The number of phosphoric ester groups is 1. The molecule has 11 heteroatoms. The van der Waals surface area contributed by atoms with E-state index in [-0.39, 0.29) is 19.4 Å². The smallest absolute Gasteiger partial charge is 0.462 e. The third-order valence-corrected chi connectivity index (χ3v) is 10.4. The molecule has 0 saturated heterocycles. The highest BCUT2D eigenvalue weighted by atomic mass is 31.2. The molecule has 0 bridgehead atoms. The van der Waals surface area contributed by atoms with Gasteiger partial charge in [-0.1, -0.05) is 152 Å². The van der Waals surface area contributed by atoms with Crippen molar-refractivity contribution in [2.75, 3.05) is 26.4 Å². The minimum atomic E-state index is -4.63. The predicted octanol–water partition coefficient (Wildman–Crippen LogP) is 12.1. The average Bonchev–Trinajstić information content (AvgIpc) is 3.20. The highest BCUT2D eigenvalue weighted by Gasteiger charge is 2.27. The Bertz CT molecular complexity index is 1090. The van der Waals surface area contributed by atoms with Crippen molar-refractivity contribution in [2.24, 2.45) is 0 Å². The molecule has 0 fully saturated rings. The normalized spacial score (nSPS) is 14.3. The van der Waals surface area contributed by atoms with E-state index >= 15 is 0 Å². The van der Waals surface area contributed by atoms with Crippen molar-refractivity contribution in [2.45, 2.75) is 206 Å². The maximum Gasteiger partial charge on any atom is 0.472 e. The maximum atomic E-state index is 12.6. The number of phosphoric acid groups is 1. The van der Waals surface area contributed by atoms with Gasteiger partial charge in [-0.15, -0.1) is 0 Å². The zero-order valence-corrected chi connectivity index (χ0v) is 36.9. The highest BCUT2D eigenvalue weighted by Crippen LogP contribution is 2.43. The Kier molecular flexibility index (Phi) is 40.5. The number of rotatable bonds is 42. The first kappa shape index (κ1) is 54.9. The van der Waals surface area contributed by atoms with E-state index < -0.39 is 51.8 Å². The van der Waals surface area contributed by atoms with Crippen LogP contribution in [0.3, 0.4) is 0 Å². The molecule has 0 amide bonds. The SMILES string of the molecule is CCCCC/C=C/C/C=C/C/C=C/CCCCC(=O)O[C@H](COC(=O)CCCCCCCCCCC/C=C/CCCCCCCC)COP(=O)(O)OC[C@@H](O)CO. The average molecular weight is 827 g/mol. The zero-order chi connectivity index (χ0) is 41.9. The summed E-state index contributed by atoms with van der Waals surface area (Å²) >= 11 is 0. The number of esters is 2. The van der Waals surface area contributed by atoms with Crippen molar-refractivity contribution < 1.29 is 47.8 Å². The van der Waals surface area contributed by atoms with Gasteiger partial charge < -0.3 is 24.6 Å². The Morgan fingerprint density at radius 1 is 0.526 bits per heavy atom. The predicted molar refractivity (Wildman–Crippen MR) is 233 cm³/mol. The van der Waals surface area contributed by atoms with Gasteiger partial charge in [0.15, 0.2) is 6.10 Å². The van der Waals surface area contributed by atoms with Crippen molar-refractivity contribution in [1.29, 1.82) is 0 Å². The molecule has 0 heterocycles. The Morgan fingerprint density at radius 2 is 0.912 bits per heavy atom. The molecule has 57 heavy (non-hydrogen) atoms. The first-order valence-electron chi connectivity index (χ1n) is 22.6. The highest BCUT2D eigenvalue weighted by molar-refractivity contribution is 7.47. The summed E-state index contributed by atoms with van der Waals surface area (Å²) in [7, 11) is -4.63. The van der Waals surface area contributed by atoms with Crippen LogP contribution in [0.5, 0.6) is 0 Å². The van der Waals surface area contributed by atoms with Gasteiger partial charge in [0, 0.05) is 12.8 Å². The fourth-order valence-corrected chi connectivity index (χ4v) is 6.72. The molecule has 0 aromatic rings. The second-order valence-corrected chi connectivity index (χ2v) is 16.5. The quantitative estimate of drug-likeness (QED) is 0.0235. The van der Waals surface area contributed by atoms with Crippen LogP contribution < -0.4 is 0 Å². The van der Waals surface area contributed by atoms with Gasteiger partial charge in [-0.2, -0.15) is 0 Å². The van der Waals surface area contributed by atoms with Crippen molar-refractivity contribution in [3.05, 3.63) is 48.6 Å². The van der Waals surface area contributed by atoms with E-state index in [1.54, 1.807) is 0 Å². The lowest BCUT2D eigenvalue weighted by Gasteiger charge is -2.20. The van der Waals surface area contributed by atoms with E-state index in [2.05, 4.69) is 67.0 Å². The minimum Gasteiger partial charge on any atom is -0.462 e.